The second-order valence-electron chi connectivity index (χ2n) is 6.06. The van der Waals surface area contributed by atoms with Crippen LogP contribution in [0.5, 0.6) is 5.75 Å². The van der Waals surface area contributed by atoms with Crippen molar-refractivity contribution in [1.82, 2.24) is 4.98 Å². The fourth-order valence-corrected chi connectivity index (χ4v) is 4.28. The van der Waals surface area contributed by atoms with E-state index in [-0.39, 0.29) is 6.61 Å². The number of carbonyl (C=O) groups is 1. The number of alkyl halides is 3. The minimum Gasteiger partial charge on any atom is -0.482 e. The molecule has 0 aliphatic rings. The predicted octanol–water partition coefficient (Wildman–Crippen LogP) is 6.06. The fraction of sp³-hybridized carbons (Fsp3) is 0.238. The van der Waals surface area contributed by atoms with Crippen LogP contribution in [0.3, 0.4) is 0 Å². The van der Waals surface area contributed by atoms with Crippen LogP contribution < -0.4 is 4.74 Å². The Morgan fingerprint density at radius 1 is 1.10 bits per heavy atom. The van der Waals surface area contributed by atoms with Crippen molar-refractivity contribution in [2.75, 3.05) is 13.2 Å². The highest BCUT2D eigenvalue weighted by Crippen LogP contribution is 2.33. The number of thioether (sulfide) groups is 1. The summed E-state index contributed by atoms with van der Waals surface area (Å²) in [4.78, 5) is 17.7. The quantitative estimate of drug-likeness (QED) is 0.306. The summed E-state index contributed by atoms with van der Waals surface area (Å²) in [6.45, 7) is 1.92. The van der Waals surface area contributed by atoms with Crippen molar-refractivity contribution in [2.45, 2.75) is 23.7 Å². The third kappa shape index (κ3) is 6.24. The standard InChI is InChI=1S/C21H18F3NO3S2/c1-2-27-19(26)12-28-16-7-9-17(10-8-16)29-13-18-11-25-20(30-18)14-3-5-15(6-4-14)21(22,23)24/h3-11H,2,12-13H2,1H3. The largest absolute Gasteiger partial charge is 0.482 e. The zero-order chi connectivity index (χ0) is 21.6. The molecule has 3 aromatic rings. The Balaban J connectivity index is 1.53. The first-order valence-corrected chi connectivity index (χ1v) is 10.8. The number of thiazole rings is 1. The van der Waals surface area contributed by atoms with E-state index in [0.717, 1.165) is 21.9 Å². The van der Waals surface area contributed by atoms with Crippen LogP contribution in [0.4, 0.5) is 13.2 Å². The van der Waals surface area contributed by atoms with Crippen LogP contribution in [0.2, 0.25) is 0 Å². The van der Waals surface area contributed by atoms with Gasteiger partial charge in [0.2, 0.25) is 0 Å². The molecule has 0 aliphatic heterocycles. The highest BCUT2D eigenvalue weighted by atomic mass is 32.2. The lowest BCUT2D eigenvalue weighted by atomic mass is 10.1. The van der Waals surface area contributed by atoms with Crippen molar-refractivity contribution in [3.63, 3.8) is 0 Å². The Kier molecular flexibility index (Phi) is 7.38. The maximum atomic E-state index is 12.7. The molecule has 0 spiro atoms. The van der Waals surface area contributed by atoms with Crippen molar-refractivity contribution in [3.8, 4) is 16.3 Å². The monoisotopic (exact) mass is 453 g/mol. The summed E-state index contributed by atoms with van der Waals surface area (Å²) < 4.78 is 48.2. The molecule has 0 bridgehead atoms. The number of carbonyl (C=O) groups excluding carboxylic acids is 1. The minimum atomic E-state index is -4.34. The third-order valence-corrected chi connectivity index (χ3v) is 6.17. The van der Waals surface area contributed by atoms with E-state index >= 15 is 0 Å². The predicted molar refractivity (Wildman–Crippen MR) is 111 cm³/mol. The van der Waals surface area contributed by atoms with Crippen molar-refractivity contribution in [2.24, 2.45) is 0 Å². The number of hydrogen-bond acceptors (Lipinski definition) is 6. The zero-order valence-corrected chi connectivity index (χ0v) is 17.6. The lowest BCUT2D eigenvalue weighted by Crippen LogP contribution is -2.14. The molecule has 1 aromatic heterocycles. The van der Waals surface area contributed by atoms with Gasteiger partial charge in [0.25, 0.3) is 0 Å². The lowest BCUT2D eigenvalue weighted by molar-refractivity contribution is -0.145. The average molecular weight is 454 g/mol. The van der Waals surface area contributed by atoms with E-state index in [1.165, 1.54) is 23.5 Å². The zero-order valence-electron chi connectivity index (χ0n) is 15.9. The molecule has 1 heterocycles. The molecule has 0 unspecified atom stereocenters. The Morgan fingerprint density at radius 3 is 2.43 bits per heavy atom. The summed E-state index contributed by atoms with van der Waals surface area (Å²) in [6.07, 6.45) is -2.61. The third-order valence-electron chi connectivity index (χ3n) is 3.88. The Labute approximate surface area is 180 Å². The molecule has 4 nitrogen and oxygen atoms in total. The van der Waals surface area contributed by atoms with Crippen molar-refractivity contribution in [3.05, 3.63) is 65.2 Å². The molecular weight excluding hydrogens is 435 g/mol. The van der Waals surface area contributed by atoms with Crippen molar-refractivity contribution < 1.29 is 27.4 Å². The molecule has 0 saturated heterocycles. The number of benzene rings is 2. The summed E-state index contributed by atoms with van der Waals surface area (Å²) in [5, 5.41) is 0.682. The normalized spacial score (nSPS) is 11.3. The number of rotatable bonds is 8. The van der Waals surface area contributed by atoms with Gasteiger partial charge in [-0.2, -0.15) is 13.2 Å². The van der Waals surface area contributed by atoms with Gasteiger partial charge in [-0.25, -0.2) is 9.78 Å². The highest BCUT2D eigenvalue weighted by molar-refractivity contribution is 7.98. The van der Waals surface area contributed by atoms with Gasteiger partial charge < -0.3 is 9.47 Å². The van der Waals surface area contributed by atoms with Gasteiger partial charge in [-0.1, -0.05) is 12.1 Å². The molecule has 9 heteroatoms. The van der Waals surface area contributed by atoms with Gasteiger partial charge in [-0.15, -0.1) is 23.1 Å². The highest BCUT2D eigenvalue weighted by Gasteiger charge is 2.30. The molecular formula is C21H18F3NO3S2. The fourth-order valence-electron chi connectivity index (χ4n) is 2.44. The van der Waals surface area contributed by atoms with Crippen LogP contribution in [-0.4, -0.2) is 24.2 Å². The summed E-state index contributed by atoms with van der Waals surface area (Å²) >= 11 is 3.05. The van der Waals surface area contributed by atoms with Crippen LogP contribution in [0.15, 0.2) is 59.6 Å². The molecule has 0 aliphatic carbocycles. The Bertz CT molecular complexity index is 970. The van der Waals surface area contributed by atoms with E-state index < -0.39 is 17.7 Å². The first-order valence-electron chi connectivity index (χ1n) is 8.99. The van der Waals surface area contributed by atoms with Crippen LogP contribution in [0.1, 0.15) is 17.4 Å². The second-order valence-corrected chi connectivity index (χ2v) is 8.22. The topological polar surface area (TPSA) is 48.4 Å². The second kappa shape index (κ2) is 9.99. The summed E-state index contributed by atoms with van der Waals surface area (Å²) in [5.74, 6) is 0.848. The van der Waals surface area contributed by atoms with E-state index in [1.807, 2.05) is 12.1 Å². The van der Waals surface area contributed by atoms with Gasteiger partial charge >= 0.3 is 12.1 Å². The number of ether oxygens (including phenoxy) is 2. The number of halogens is 3. The Hall–Kier alpha value is -2.52. The van der Waals surface area contributed by atoms with E-state index in [4.69, 9.17) is 9.47 Å². The Morgan fingerprint density at radius 2 is 1.80 bits per heavy atom. The lowest BCUT2D eigenvalue weighted by Gasteiger charge is -2.06. The van der Waals surface area contributed by atoms with Crippen LogP contribution in [-0.2, 0) is 21.5 Å². The van der Waals surface area contributed by atoms with Gasteiger partial charge in [0.1, 0.15) is 10.8 Å². The SMILES string of the molecule is CCOC(=O)COc1ccc(SCc2cnc(-c3ccc(C(F)(F)F)cc3)s2)cc1. The first kappa shape index (κ1) is 22.2. The number of nitrogens with zero attached hydrogens (tertiary/aromatic N) is 1. The minimum absolute atomic E-state index is 0.131. The van der Waals surface area contributed by atoms with Gasteiger partial charge in [-0.05, 0) is 43.3 Å². The molecule has 0 radical (unpaired) electrons. The van der Waals surface area contributed by atoms with E-state index in [9.17, 15) is 18.0 Å². The maximum Gasteiger partial charge on any atom is 0.416 e. The number of hydrogen-bond donors (Lipinski definition) is 0. The molecule has 0 amide bonds. The maximum absolute atomic E-state index is 12.7. The summed E-state index contributed by atoms with van der Waals surface area (Å²) in [6, 6.07) is 12.4. The van der Waals surface area contributed by atoms with Crippen molar-refractivity contribution >= 4 is 29.1 Å². The molecule has 158 valence electrons. The summed E-state index contributed by atoms with van der Waals surface area (Å²) in [7, 11) is 0. The summed E-state index contributed by atoms with van der Waals surface area (Å²) in [5.41, 5.74) is -0.0133. The molecule has 30 heavy (non-hydrogen) atoms. The molecule has 3 rings (SSSR count). The first-order chi connectivity index (χ1) is 14.3. The van der Waals surface area contributed by atoms with Gasteiger partial charge in [0.05, 0.1) is 12.2 Å². The van der Waals surface area contributed by atoms with Gasteiger partial charge in [0.15, 0.2) is 6.61 Å². The van der Waals surface area contributed by atoms with E-state index in [2.05, 4.69) is 4.98 Å². The molecule has 0 atom stereocenters. The average Bonchev–Trinajstić information content (AvgIpc) is 3.20. The van der Waals surface area contributed by atoms with Gasteiger partial charge in [-0.3, -0.25) is 0 Å². The van der Waals surface area contributed by atoms with Crippen LogP contribution >= 0.6 is 23.1 Å². The number of esters is 1. The van der Waals surface area contributed by atoms with Crippen LogP contribution in [0, 0.1) is 0 Å². The smallest absolute Gasteiger partial charge is 0.416 e. The van der Waals surface area contributed by atoms with Crippen LogP contribution in [0.25, 0.3) is 10.6 Å². The van der Waals surface area contributed by atoms with E-state index in [1.54, 1.807) is 37.0 Å². The van der Waals surface area contributed by atoms with Gasteiger partial charge in [0, 0.05) is 27.3 Å². The molecule has 0 fully saturated rings. The van der Waals surface area contributed by atoms with E-state index in [0.29, 0.717) is 28.7 Å². The van der Waals surface area contributed by atoms with Crippen molar-refractivity contribution in [1.29, 1.82) is 0 Å². The molecule has 2 aromatic carbocycles. The number of aromatic nitrogens is 1. The molecule has 0 N–H and O–H groups in total. The molecule has 0 saturated carbocycles.